The zero-order chi connectivity index (χ0) is 12.1. The summed E-state index contributed by atoms with van der Waals surface area (Å²) in [5.41, 5.74) is 1.87. The predicted octanol–water partition coefficient (Wildman–Crippen LogP) is 3.06. The van der Waals surface area contributed by atoms with Gasteiger partial charge in [0.15, 0.2) is 0 Å². The van der Waals surface area contributed by atoms with Gasteiger partial charge in [-0.1, -0.05) is 20.4 Å². The van der Waals surface area contributed by atoms with Crippen LogP contribution in [0.3, 0.4) is 0 Å². The van der Waals surface area contributed by atoms with Crippen LogP contribution in [0.4, 0.5) is 5.82 Å². The number of carbonyl (C=O) groups is 1. The zero-order valence-electron chi connectivity index (χ0n) is 10.2. The van der Waals surface area contributed by atoms with Crippen molar-refractivity contribution in [2.24, 2.45) is 0 Å². The number of pyridine rings is 1. The maximum Gasteiger partial charge on any atom is 0.232 e. The number of carbonyl (C=O) groups excluding carboxylic acids is 1. The molecule has 0 aliphatic carbocycles. The Hall–Kier alpha value is -1.64. The molecule has 0 unspecified atom stereocenters. The van der Waals surface area contributed by atoms with Crippen LogP contribution in [0.5, 0.6) is 0 Å². The highest BCUT2D eigenvalue weighted by Crippen LogP contribution is 2.19. The van der Waals surface area contributed by atoms with Gasteiger partial charge in [0.05, 0.1) is 0 Å². The summed E-state index contributed by atoms with van der Waals surface area (Å²) in [6, 6.07) is 3.81. The molecule has 1 aromatic heterocycles. The Morgan fingerprint density at radius 2 is 2.12 bits per heavy atom. The van der Waals surface area contributed by atoms with Crippen molar-refractivity contribution in [3.8, 4) is 0 Å². The van der Waals surface area contributed by atoms with Crippen molar-refractivity contribution < 1.29 is 4.79 Å². The number of aromatic nitrogens is 1. The zero-order valence-corrected chi connectivity index (χ0v) is 10.2. The van der Waals surface area contributed by atoms with Crippen molar-refractivity contribution in [3.63, 3.8) is 0 Å². The van der Waals surface area contributed by atoms with Gasteiger partial charge < -0.3 is 0 Å². The summed E-state index contributed by atoms with van der Waals surface area (Å²) in [6.45, 7) is 9.72. The highest BCUT2D eigenvalue weighted by atomic mass is 16.2. The van der Waals surface area contributed by atoms with E-state index in [1.165, 1.54) is 0 Å². The molecule has 1 heterocycles. The van der Waals surface area contributed by atoms with Crippen LogP contribution in [-0.2, 0) is 4.79 Å². The van der Waals surface area contributed by atoms with Gasteiger partial charge in [-0.2, -0.15) is 0 Å². The van der Waals surface area contributed by atoms with Gasteiger partial charge in [0.25, 0.3) is 0 Å². The van der Waals surface area contributed by atoms with Crippen LogP contribution < -0.4 is 4.90 Å². The van der Waals surface area contributed by atoms with Crippen LogP contribution in [0.15, 0.2) is 30.6 Å². The minimum absolute atomic E-state index is 0.0324. The van der Waals surface area contributed by atoms with Crippen molar-refractivity contribution in [1.29, 1.82) is 0 Å². The van der Waals surface area contributed by atoms with Crippen LogP contribution in [0, 0.1) is 6.92 Å². The summed E-state index contributed by atoms with van der Waals surface area (Å²) in [7, 11) is 0. The highest BCUT2D eigenvalue weighted by Gasteiger charge is 2.17. The molecule has 0 saturated heterocycles. The van der Waals surface area contributed by atoms with E-state index in [1.54, 1.807) is 11.1 Å². The molecule has 0 saturated carbocycles. The molecule has 0 aromatic carbocycles. The Kier molecular flexibility index (Phi) is 4.23. The van der Waals surface area contributed by atoms with Crippen LogP contribution in [0.2, 0.25) is 0 Å². The van der Waals surface area contributed by atoms with E-state index in [0.717, 1.165) is 17.7 Å². The second-order valence-corrected chi connectivity index (χ2v) is 3.69. The topological polar surface area (TPSA) is 33.2 Å². The maximum atomic E-state index is 11.8. The van der Waals surface area contributed by atoms with Crippen molar-refractivity contribution >= 4 is 11.7 Å². The molecule has 3 heteroatoms. The Balaban J connectivity index is 3.10. The summed E-state index contributed by atoms with van der Waals surface area (Å²) < 4.78 is 0. The molecule has 3 nitrogen and oxygen atoms in total. The summed E-state index contributed by atoms with van der Waals surface area (Å²) >= 11 is 0. The molecule has 0 fully saturated rings. The molecule has 0 bridgehead atoms. The number of hydrogen-bond donors (Lipinski definition) is 0. The second-order valence-electron chi connectivity index (χ2n) is 3.69. The van der Waals surface area contributed by atoms with Crippen molar-refractivity contribution in [1.82, 2.24) is 4.98 Å². The summed E-state index contributed by atoms with van der Waals surface area (Å²) in [4.78, 5) is 17.7. The van der Waals surface area contributed by atoms with Gasteiger partial charge >= 0.3 is 0 Å². The van der Waals surface area contributed by atoms with Gasteiger partial charge in [0.2, 0.25) is 5.91 Å². The molecular formula is C13H18N2O. The number of anilines is 1. The molecule has 0 atom stereocenters. The number of hydrogen-bond acceptors (Lipinski definition) is 2. The SMILES string of the molecule is C=C(CC)N(C(=O)CC)c1cc(C)ccn1. The van der Waals surface area contributed by atoms with E-state index in [2.05, 4.69) is 11.6 Å². The van der Waals surface area contributed by atoms with E-state index in [9.17, 15) is 4.79 Å². The Labute approximate surface area is 96.8 Å². The number of allylic oxidation sites excluding steroid dienone is 1. The lowest BCUT2D eigenvalue weighted by Gasteiger charge is -2.22. The number of aryl methyl sites for hydroxylation is 1. The normalized spacial score (nSPS) is 9.94. The quantitative estimate of drug-likeness (QED) is 0.778. The van der Waals surface area contributed by atoms with E-state index in [-0.39, 0.29) is 5.91 Å². The fourth-order valence-electron chi connectivity index (χ4n) is 1.42. The van der Waals surface area contributed by atoms with Crippen molar-refractivity contribution in [2.75, 3.05) is 4.90 Å². The van der Waals surface area contributed by atoms with Crippen LogP contribution in [0.25, 0.3) is 0 Å². The third kappa shape index (κ3) is 2.69. The number of nitrogens with zero attached hydrogens (tertiary/aromatic N) is 2. The minimum atomic E-state index is 0.0324. The smallest absolute Gasteiger partial charge is 0.232 e. The molecule has 0 radical (unpaired) electrons. The van der Waals surface area contributed by atoms with Gasteiger partial charge in [-0.15, -0.1) is 0 Å². The fraction of sp³-hybridized carbons (Fsp3) is 0.385. The van der Waals surface area contributed by atoms with E-state index in [0.29, 0.717) is 12.2 Å². The Morgan fingerprint density at radius 3 is 2.62 bits per heavy atom. The van der Waals surface area contributed by atoms with Crippen LogP contribution >= 0.6 is 0 Å². The first-order chi connectivity index (χ1) is 7.60. The average Bonchev–Trinajstić information content (AvgIpc) is 2.29. The van der Waals surface area contributed by atoms with E-state index >= 15 is 0 Å². The lowest BCUT2D eigenvalue weighted by Crippen LogP contribution is -2.29. The van der Waals surface area contributed by atoms with Crippen molar-refractivity contribution in [3.05, 3.63) is 36.2 Å². The van der Waals surface area contributed by atoms with E-state index in [4.69, 9.17) is 0 Å². The molecule has 0 aliphatic rings. The van der Waals surface area contributed by atoms with Gasteiger partial charge in [0, 0.05) is 18.3 Å². The third-order valence-corrected chi connectivity index (χ3v) is 2.41. The number of amides is 1. The molecule has 0 spiro atoms. The largest absolute Gasteiger partial charge is 0.274 e. The first-order valence-corrected chi connectivity index (χ1v) is 5.53. The molecule has 0 aliphatic heterocycles. The van der Waals surface area contributed by atoms with Crippen LogP contribution in [-0.4, -0.2) is 10.9 Å². The molecular weight excluding hydrogens is 200 g/mol. The average molecular weight is 218 g/mol. The minimum Gasteiger partial charge on any atom is -0.274 e. The van der Waals surface area contributed by atoms with Crippen LogP contribution in [0.1, 0.15) is 32.3 Å². The lowest BCUT2D eigenvalue weighted by atomic mass is 10.2. The van der Waals surface area contributed by atoms with Gasteiger partial charge in [0.1, 0.15) is 5.82 Å². The molecule has 1 amide bonds. The van der Waals surface area contributed by atoms with Crippen molar-refractivity contribution in [2.45, 2.75) is 33.6 Å². The highest BCUT2D eigenvalue weighted by molar-refractivity contribution is 5.95. The first-order valence-electron chi connectivity index (χ1n) is 5.53. The summed E-state index contributed by atoms with van der Waals surface area (Å²) in [5, 5.41) is 0. The molecule has 0 N–H and O–H groups in total. The molecule has 86 valence electrons. The predicted molar refractivity (Wildman–Crippen MR) is 66.2 cm³/mol. The Morgan fingerprint density at radius 1 is 1.44 bits per heavy atom. The third-order valence-electron chi connectivity index (χ3n) is 2.41. The monoisotopic (exact) mass is 218 g/mol. The van der Waals surface area contributed by atoms with Gasteiger partial charge in [-0.05, 0) is 31.0 Å². The molecule has 1 aromatic rings. The van der Waals surface area contributed by atoms with E-state index in [1.807, 2.05) is 32.9 Å². The van der Waals surface area contributed by atoms with Gasteiger partial charge in [-0.3, -0.25) is 9.69 Å². The fourth-order valence-corrected chi connectivity index (χ4v) is 1.42. The number of rotatable bonds is 4. The van der Waals surface area contributed by atoms with E-state index < -0.39 is 0 Å². The molecule has 16 heavy (non-hydrogen) atoms. The Bertz CT molecular complexity index is 383. The first kappa shape index (κ1) is 12.4. The lowest BCUT2D eigenvalue weighted by molar-refractivity contribution is -0.117. The summed E-state index contributed by atoms with van der Waals surface area (Å²) in [6.07, 6.45) is 2.90. The van der Waals surface area contributed by atoms with Gasteiger partial charge in [-0.25, -0.2) is 4.98 Å². The summed E-state index contributed by atoms with van der Waals surface area (Å²) in [5.74, 6) is 0.698. The second kappa shape index (κ2) is 5.45. The maximum absolute atomic E-state index is 11.8. The molecule has 1 rings (SSSR count). The standard InChI is InChI=1S/C13H18N2O/c1-5-11(4)15(13(16)6-2)12-9-10(3)7-8-14-12/h7-9H,4-6H2,1-3H3.